The molecule has 0 radical (unpaired) electrons. The maximum atomic E-state index is 12.3. The molecule has 152 valence electrons. The van der Waals surface area contributed by atoms with Gasteiger partial charge < -0.3 is 10.6 Å². The smallest absolute Gasteiger partial charge is 0.251 e. The molecule has 3 rings (SSSR count). The zero-order valence-corrected chi connectivity index (χ0v) is 17.7. The van der Waals surface area contributed by atoms with E-state index in [4.69, 9.17) is 0 Å². The first-order valence-corrected chi connectivity index (χ1v) is 9.72. The average Bonchev–Trinajstić information content (AvgIpc) is 3.10. The van der Waals surface area contributed by atoms with Crippen LogP contribution < -0.4 is 10.6 Å². The van der Waals surface area contributed by atoms with Crippen LogP contribution in [0.15, 0.2) is 42.7 Å². The molecule has 0 aliphatic carbocycles. The summed E-state index contributed by atoms with van der Waals surface area (Å²) in [4.78, 5) is 25.4. The number of anilines is 1. The number of amides is 1. The van der Waals surface area contributed by atoms with E-state index in [-0.39, 0.29) is 11.3 Å². The molecule has 0 unspecified atom stereocenters. The second-order valence-electron chi connectivity index (χ2n) is 8.01. The van der Waals surface area contributed by atoms with Crippen molar-refractivity contribution >= 4 is 11.7 Å². The van der Waals surface area contributed by atoms with Gasteiger partial charge in [-0.2, -0.15) is 0 Å². The lowest BCUT2D eigenvalue weighted by Crippen LogP contribution is -2.29. The van der Waals surface area contributed by atoms with Crippen molar-refractivity contribution in [3.63, 3.8) is 0 Å². The van der Waals surface area contributed by atoms with Gasteiger partial charge >= 0.3 is 0 Å². The van der Waals surface area contributed by atoms with E-state index < -0.39 is 0 Å². The fourth-order valence-corrected chi connectivity index (χ4v) is 2.98. The van der Waals surface area contributed by atoms with Gasteiger partial charge in [-0.15, -0.1) is 0 Å². The summed E-state index contributed by atoms with van der Waals surface area (Å²) in [6, 6.07) is 9.63. The minimum Gasteiger partial charge on any atom is -0.368 e. The van der Waals surface area contributed by atoms with Crippen LogP contribution in [-0.4, -0.2) is 38.5 Å². The van der Waals surface area contributed by atoms with E-state index in [0.29, 0.717) is 30.3 Å². The number of hydrogen-bond donors (Lipinski definition) is 2. The first-order valence-electron chi connectivity index (χ1n) is 9.72. The average molecular weight is 393 g/mol. The maximum absolute atomic E-state index is 12.3. The van der Waals surface area contributed by atoms with E-state index in [1.165, 1.54) is 5.56 Å². The number of benzene rings is 1. The molecule has 0 fully saturated rings. The van der Waals surface area contributed by atoms with Crippen molar-refractivity contribution < 1.29 is 4.79 Å². The van der Waals surface area contributed by atoms with Gasteiger partial charge in [-0.05, 0) is 37.0 Å². The lowest BCUT2D eigenvalue weighted by atomic mass is 9.87. The predicted molar refractivity (Wildman–Crippen MR) is 115 cm³/mol. The van der Waals surface area contributed by atoms with Crippen molar-refractivity contribution in [2.24, 2.45) is 0 Å². The van der Waals surface area contributed by atoms with Crippen molar-refractivity contribution in [3.8, 4) is 5.82 Å². The molecule has 7 nitrogen and oxygen atoms in total. The Morgan fingerprint density at radius 2 is 1.79 bits per heavy atom. The third-order valence-corrected chi connectivity index (χ3v) is 4.63. The highest BCUT2D eigenvalue weighted by molar-refractivity contribution is 5.94. The van der Waals surface area contributed by atoms with Gasteiger partial charge in [0.1, 0.15) is 23.3 Å². The molecule has 0 aliphatic heterocycles. The first kappa shape index (κ1) is 20.5. The van der Waals surface area contributed by atoms with E-state index in [0.717, 1.165) is 11.6 Å². The Bertz CT molecular complexity index is 985. The van der Waals surface area contributed by atoms with Crippen LogP contribution in [0.4, 0.5) is 5.82 Å². The molecular formula is C22H28N6O. The Kier molecular flexibility index (Phi) is 5.96. The van der Waals surface area contributed by atoms with Crippen molar-refractivity contribution in [2.45, 2.75) is 40.0 Å². The highest BCUT2D eigenvalue weighted by Gasteiger charge is 2.14. The van der Waals surface area contributed by atoms with E-state index in [2.05, 4.69) is 46.4 Å². The summed E-state index contributed by atoms with van der Waals surface area (Å²) < 4.78 is 1.91. The highest BCUT2D eigenvalue weighted by atomic mass is 16.1. The summed E-state index contributed by atoms with van der Waals surface area (Å²) in [5, 5.41) is 6.18. The Balaban J connectivity index is 1.55. The van der Waals surface area contributed by atoms with Crippen molar-refractivity contribution in [1.82, 2.24) is 24.8 Å². The molecule has 7 heteroatoms. The van der Waals surface area contributed by atoms with Gasteiger partial charge in [0.05, 0.1) is 0 Å². The molecule has 2 heterocycles. The molecule has 0 aliphatic rings. The molecule has 0 spiro atoms. The van der Waals surface area contributed by atoms with E-state index >= 15 is 0 Å². The number of aromatic nitrogens is 4. The lowest BCUT2D eigenvalue weighted by Gasteiger charge is -2.19. The molecule has 2 N–H and O–H groups in total. The molecule has 3 aromatic rings. The van der Waals surface area contributed by atoms with Gasteiger partial charge in [0, 0.05) is 37.1 Å². The normalized spacial score (nSPS) is 11.3. The summed E-state index contributed by atoms with van der Waals surface area (Å²) in [7, 11) is 0. The van der Waals surface area contributed by atoms with Crippen LogP contribution in [0, 0.1) is 13.8 Å². The second kappa shape index (κ2) is 8.43. The summed E-state index contributed by atoms with van der Waals surface area (Å²) in [6.07, 6.45) is 3.61. The number of imidazole rings is 1. The Morgan fingerprint density at radius 3 is 2.41 bits per heavy atom. The number of hydrogen-bond acceptors (Lipinski definition) is 5. The standard InChI is InChI=1S/C22H28N6O/c1-15-26-19(14-20(27-15)28-13-12-23-16(28)2)24-10-11-25-21(29)17-6-8-18(9-7-17)22(3,4)5/h6-9,12-14H,10-11H2,1-5H3,(H,25,29)(H,24,26,27). The van der Waals surface area contributed by atoms with Crippen LogP contribution in [-0.2, 0) is 5.41 Å². The van der Waals surface area contributed by atoms with Crippen LogP contribution in [0.1, 0.15) is 48.3 Å². The fourth-order valence-electron chi connectivity index (χ4n) is 2.98. The van der Waals surface area contributed by atoms with Gasteiger partial charge in [-0.1, -0.05) is 32.9 Å². The minimum absolute atomic E-state index is 0.0721. The molecule has 29 heavy (non-hydrogen) atoms. The number of aryl methyl sites for hydroxylation is 2. The van der Waals surface area contributed by atoms with Crippen LogP contribution in [0.25, 0.3) is 5.82 Å². The van der Waals surface area contributed by atoms with E-state index in [9.17, 15) is 4.79 Å². The summed E-state index contributed by atoms with van der Waals surface area (Å²) in [6.45, 7) is 11.3. The maximum Gasteiger partial charge on any atom is 0.251 e. The molecule has 0 saturated carbocycles. The minimum atomic E-state index is -0.0825. The van der Waals surface area contributed by atoms with Gasteiger partial charge in [0.15, 0.2) is 0 Å². The molecule has 0 bridgehead atoms. The van der Waals surface area contributed by atoms with Crippen LogP contribution in [0.2, 0.25) is 0 Å². The summed E-state index contributed by atoms with van der Waals surface area (Å²) >= 11 is 0. The Hall–Kier alpha value is -3.22. The van der Waals surface area contributed by atoms with Gasteiger partial charge in [0.2, 0.25) is 0 Å². The quantitative estimate of drug-likeness (QED) is 0.628. The highest BCUT2D eigenvalue weighted by Crippen LogP contribution is 2.22. The molecule has 1 amide bonds. The van der Waals surface area contributed by atoms with E-state index in [1.807, 2.05) is 54.9 Å². The number of nitrogens with one attached hydrogen (secondary N) is 2. The summed E-state index contributed by atoms with van der Waals surface area (Å²) in [5.74, 6) is 2.92. The van der Waals surface area contributed by atoms with Crippen molar-refractivity contribution in [1.29, 1.82) is 0 Å². The molecule has 1 aromatic carbocycles. The fraction of sp³-hybridized carbons (Fsp3) is 0.364. The molecular weight excluding hydrogens is 364 g/mol. The van der Waals surface area contributed by atoms with Gasteiger partial charge in [-0.25, -0.2) is 15.0 Å². The van der Waals surface area contributed by atoms with Gasteiger partial charge in [0.25, 0.3) is 5.91 Å². The van der Waals surface area contributed by atoms with Crippen LogP contribution in [0.5, 0.6) is 0 Å². The van der Waals surface area contributed by atoms with Gasteiger partial charge in [-0.3, -0.25) is 9.36 Å². The zero-order chi connectivity index (χ0) is 21.0. The topological polar surface area (TPSA) is 84.7 Å². The predicted octanol–water partition coefficient (Wildman–Crippen LogP) is 3.42. The third kappa shape index (κ3) is 5.19. The van der Waals surface area contributed by atoms with E-state index in [1.54, 1.807) is 6.20 Å². The summed E-state index contributed by atoms with van der Waals surface area (Å²) in [5.41, 5.74) is 1.94. The second-order valence-corrected chi connectivity index (χ2v) is 8.01. The number of carbonyl (C=O) groups is 1. The number of nitrogens with zero attached hydrogens (tertiary/aromatic N) is 4. The lowest BCUT2D eigenvalue weighted by molar-refractivity contribution is 0.0955. The largest absolute Gasteiger partial charge is 0.368 e. The number of carbonyl (C=O) groups excluding carboxylic acids is 1. The first-order chi connectivity index (χ1) is 13.7. The Morgan fingerprint density at radius 1 is 1.07 bits per heavy atom. The van der Waals surface area contributed by atoms with Crippen LogP contribution >= 0.6 is 0 Å². The zero-order valence-electron chi connectivity index (χ0n) is 17.7. The monoisotopic (exact) mass is 392 g/mol. The number of rotatable bonds is 6. The molecule has 0 saturated heterocycles. The van der Waals surface area contributed by atoms with Crippen molar-refractivity contribution in [3.05, 3.63) is 65.5 Å². The van der Waals surface area contributed by atoms with Crippen molar-refractivity contribution in [2.75, 3.05) is 18.4 Å². The molecule has 0 atom stereocenters. The third-order valence-electron chi connectivity index (χ3n) is 4.63. The SMILES string of the molecule is Cc1nc(NCCNC(=O)c2ccc(C(C)(C)C)cc2)cc(-n2ccnc2C)n1. The molecule has 2 aromatic heterocycles. The Labute approximate surface area is 171 Å². The van der Waals surface area contributed by atoms with Crippen LogP contribution in [0.3, 0.4) is 0 Å².